The van der Waals surface area contributed by atoms with E-state index in [2.05, 4.69) is 6.58 Å². The Labute approximate surface area is 83.7 Å². The summed E-state index contributed by atoms with van der Waals surface area (Å²) in [5.41, 5.74) is 1.25. The molecule has 1 saturated carbocycles. The monoisotopic (exact) mass is 192 g/mol. The van der Waals surface area contributed by atoms with Crippen LogP contribution < -0.4 is 5.69 Å². The van der Waals surface area contributed by atoms with E-state index >= 15 is 0 Å². The van der Waals surface area contributed by atoms with Crippen LogP contribution in [0.25, 0.3) is 0 Å². The summed E-state index contributed by atoms with van der Waals surface area (Å²) in [6, 6.07) is 0.480. The van der Waals surface area contributed by atoms with Crippen molar-refractivity contribution in [1.29, 1.82) is 0 Å². The average molecular weight is 192 g/mol. The molecule has 0 radical (unpaired) electrons. The van der Waals surface area contributed by atoms with Crippen molar-refractivity contribution in [3.05, 3.63) is 35.0 Å². The molecule has 1 aromatic heterocycles. The number of nitrogens with zero attached hydrogens (tertiary/aromatic N) is 2. The molecule has 0 bridgehead atoms. The molecule has 1 aromatic rings. The van der Waals surface area contributed by atoms with E-state index in [-0.39, 0.29) is 5.69 Å². The number of hydrogen-bond acceptors (Lipinski definition) is 1. The van der Waals surface area contributed by atoms with Gasteiger partial charge >= 0.3 is 5.69 Å². The van der Waals surface area contributed by atoms with E-state index in [4.69, 9.17) is 0 Å². The fourth-order valence-electron chi connectivity index (χ4n) is 1.54. The molecule has 1 aliphatic carbocycles. The van der Waals surface area contributed by atoms with Gasteiger partial charge in [-0.3, -0.25) is 9.13 Å². The van der Waals surface area contributed by atoms with Crippen LogP contribution in [0.1, 0.15) is 32.2 Å². The minimum Gasteiger partial charge on any atom is -0.299 e. The minimum absolute atomic E-state index is 0.133. The number of imidazole rings is 1. The first-order chi connectivity index (χ1) is 6.68. The summed E-state index contributed by atoms with van der Waals surface area (Å²) in [6.07, 6.45) is 6.98. The summed E-state index contributed by atoms with van der Waals surface area (Å²) in [4.78, 5) is 11.8. The van der Waals surface area contributed by atoms with Crippen LogP contribution in [0.2, 0.25) is 0 Å². The molecule has 0 atom stereocenters. The van der Waals surface area contributed by atoms with Crippen molar-refractivity contribution >= 4 is 0 Å². The molecule has 0 spiro atoms. The highest BCUT2D eigenvalue weighted by molar-refractivity contribution is 4.93. The topological polar surface area (TPSA) is 26.9 Å². The normalized spacial score (nSPS) is 15.8. The molecule has 1 heterocycles. The van der Waals surface area contributed by atoms with Crippen molar-refractivity contribution in [2.75, 3.05) is 0 Å². The summed E-state index contributed by atoms with van der Waals surface area (Å²) in [5, 5.41) is 0. The lowest BCUT2D eigenvalue weighted by atomic mass is 10.2. The summed E-state index contributed by atoms with van der Waals surface area (Å²) in [7, 11) is 0. The highest BCUT2D eigenvalue weighted by Crippen LogP contribution is 2.33. The second-order valence-electron chi connectivity index (χ2n) is 4.12. The van der Waals surface area contributed by atoms with Crippen LogP contribution in [-0.4, -0.2) is 9.13 Å². The van der Waals surface area contributed by atoms with Gasteiger partial charge in [0, 0.05) is 25.0 Å². The van der Waals surface area contributed by atoms with Gasteiger partial charge in [0.15, 0.2) is 0 Å². The third kappa shape index (κ3) is 1.81. The molecule has 0 N–H and O–H groups in total. The lowest BCUT2D eigenvalue weighted by molar-refractivity contribution is 0.618. The SMILES string of the molecule is C=C(C)CCn1ccn(C2CC2)c1=O. The number of hydrogen-bond donors (Lipinski definition) is 0. The first kappa shape index (κ1) is 9.31. The Hall–Kier alpha value is -1.25. The number of rotatable bonds is 4. The molecular formula is C11H16N2O. The van der Waals surface area contributed by atoms with Crippen LogP contribution in [-0.2, 0) is 6.54 Å². The van der Waals surface area contributed by atoms with E-state index in [0.717, 1.165) is 31.4 Å². The van der Waals surface area contributed by atoms with Crippen molar-refractivity contribution in [1.82, 2.24) is 9.13 Å². The molecular weight excluding hydrogens is 176 g/mol. The Morgan fingerprint density at radius 2 is 2.29 bits per heavy atom. The Morgan fingerprint density at radius 3 is 2.86 bits per heavy atom. The van der Waals surface area contributed by atoms with Crippen LogP contribution in [0.4, 0.5) is 0 Å². The van der Waals surface area contributed by atoms with E-state index in [9.17, 15) is 4.79 Å². The van der Waals surface area contributed by atoms with Gasteiger partial charge in [0.2, 0.25) is 0 Å². The van der Waals surface area contributed by atoms with Crippen LogP contribution in [0.15, 0.2) is 29.3 Å². The summed E-state index contributed by atoms with van der Waals surface area (Å²) in [5.74, 6) is 0. The molecule has 1 aliphatic rings. The van der Waals surface area contributed by atoms with Gasteiger partial charge in [-0.1, -0.05) is 5.57 Å². The standard InChI is InChI=1S/C11H16N2O/c1-9(2)5-6-12-7-8-13(11(12)14)10-3-4-10/h7-8,10H,1,3-6H2,2H3. The Balaban J connectivity index is 2.10. The van der Waals surface area contributed by atoms with Crippen molar-refractivity contribution in [2.45, 2.75) is 38.8 Å². The third-order valence-corrected chi connectivity index (χ3v) is 2.59. The van der Waals surface area contributed by atoms with Crippen LogP contribution in [0.5, 0.6) is 0 Å². The third-order valence-electron chi connectivity index (χ3n) is 2.59. The molecule has 3 heteroatoms. The number of allylic oxidation sites excluding steroid dienone is 1. The maximum absolute atomic E-state index is 11.8. The fraction of sp³-hybridized carbons (Fsp3) is 0.545. The number of aromatic nitrogens is 2. The van der Waals surface area contributed by atoms with Gasteiger partial charge < -0.3 is 0 Å². The minimum atomic E-state index is 0.133. The first-order valence-electron chi connectivity index (χ1n) is 5.10. The lowest BCUT2D eigenvalue weighted by Gasteiger charge is -2.00. The van der Waals surface area contributed by atoms with E-state index < -0.39 is 0 Å². The summed E-state index contributed by atoms with van der Waals surface area (Å²) < 4.78 is 3.62. The van der Waals surface area contributed by atoms with Gasteiger partial charge in [-0.2, -0.15) is 0 Å². The van der Waals surface area contributed by atoms with E-state index in [1.807, 2.05) is 23.9 Å². The molecule has 76 valence electrons. The van der Waals surface area contributed by atoms with Gasteiger partial charge in [-0.25, -0.2) is 4.79 Å². The Bertz CT molecular complexity index is 396. The molecule has 0 aliphatic heterocycles. The molecule has 0 aromatic carbocycles. The van der Waals surface area contributed by atoms with Gasteiger partial charge in [0.05, 0.1) is 0 Å². The molecule has 3 nitrogen and oxygen atoms in total. The van der Waals surface area contributed by atoms with Gasteiger partial charge in [0.25, 0.3) is 0 Å². The maximum Gasteiger partial charge on any atom is 0.328 e. The highest BCUT2D eigenvalue weighted by atomic mass is 16.1. The Kier molecular flexibility index (Phi) is 2.32. The molecule has 1 fully saturated rings. The van der Waals surface area contributed by atoms with Crippen LogP contribution in [0, 0.1) is 0 Å². The molecule has 0 amide bonds. The van der Waals surface area contributed by atoms with Gasteiger partial charge in [0.1, 0.15) is 0 Å². The summed E-state index contributed by atoms with van der Waals surface area (Å²) >= 11 is 0. The van der Waals surface area contributed by atoms with Crippen molar-refractivity contribution < 1.29 is 0 Å². The second-order valence-corrected chi connectivity index (χ2v) is 4.12. The fourth-order valence-corrected chi connectivity index (χ4v) is 1.54. The predicted molar refractivity (Wildman–Crippen MR) is 56.4 cm³/mol. The zero-order valence-electron chi connectivity index (χ0n) is 8.57. The van der Waals surface area contributed by atoms with Crippen molar-refractivity contribution in [3.8, 4) is 0 Å². The number of aryl methyl sites for hydroxylation is 1. The zero-order valence-corrected chi connectivity index (χ0v) is 8.57. The average Bonchev–Trinajstić information content (AvgIpc) is 2.89. The quantitative estimate of drug-likeness (QED) is 0.670. The smallest absolute Gasteiger partial charge is 0.299 e. The predicted octanol–water partition coefficient (Wildman–Crippen LogP) is 1.95. The zero-order chi connectivity index (χ0) is 10.1. The van der Waals surface area contributed by atoms with Crippen LogP contribution >= 0.6 is 0 Å². The second kappa shape index (κ2) is 3.48. The Morgan fingerprint density at radius 1 is 1.57 bits per heavy atom. The van der Waals surface area contributed by atoms with E-state index in [1.54, 1.807) is 4.57 Å². The first-order valence-corrected chi connectivity index (χ1v) is 5.10. The van der Waals surface area contributed by atoms with Crippen molar-refractivity contribution in [3.63, 3.8) is 0 Å². The molecule has 2 rings (SSSR count). The van der Waals surface area contributed by atoms with E-state index in [1.165, 1.54) is 0 Å². The highest BCUT2D eigenvalue weighted by Gasteiger charge is 2.25. The van der Waals surface area contributed by atoms with Crippen molar-refractivity contribution in [2.24, 2.45) is 0 Å². The van der Waals surface area contributed by atoms with Gasteiger partial charge in [-0.05, 0) is 26.2 Å². The molecule has 0 unspecified atom stereocenters. The van der Waals surface area contributed by atoms with Crippen LogP contribution in [0.3, 0.4) is 0 Å². The summed E-state index contributed by atoms with van der Waals surface area (Å²) in [6.45, 7) is 6.58. The molecule has 0 saturated heterocycles. The largest absolute Gasteiger partial charge is 0.328 e. The maximum atomic E-state index is 11.8. The van der Waals surface area contributed by atoms with Gasteiger partial charge in [-0.15, -0.1) is 6.58 Å². The van der Waals surface area contributed by atoms with E-state index in [0.29, 0.717) is 6.04 Å². The molecule has 14 heavy (non-hydrogen) atoms. The lowest BCUT2D eigenvalue weighted by Crippen LogP contribution is -2.23.